The van der Waals surface area contributed by atoms with Gasteiger partial charge in [0.05, 0.1) is 12.7 Å². The van der Waals surface area contributed by atoms with Gasteiger partial charge in [-0.2, -0.15) is 0 Å². The van der Waals surface area contributed by atoms with Crippen LogP contribution in [0.4, 0.5) is 0 Å². The molecule has 15 heavy (non-hydrogen) atoms. The van der Waals surface area contributed by atoms with Gasteiger partial charge in [-0.1, -0.05) is 6.92 Å². The zero-order valence-electron chi connectivity index (χ0n) is 10.5. The lowest BCUT2D eigenvalue weighted by Crippen LogP contribution is -2.44. The van der Waals surface area contributed by atoms with Gasteiger partial charge in [-0.25, -0.2) is 0 Å². The Morgan fingerprint density at radius 2 is 2.00 bits per heavy atom. The molecule has 0 aliphatic carbocycles. The fraction of sp³-hybridized carbons (Fsp3) is 1.00. The molecule has 4 nitrogen and oxygen atoms in total. The second-order valence-corrected chi connectivity index (χ2v) is 3.70. The summed E-state index contributed by atoms with van der Waals surface area (Å²) in [5.74, 6) is 0. The molecule has 0 aliphatic rings. The van der Waals surface area contributed by atoms with E-state index in [0.29, 0.717) is 12.6 Å². The predicted octanol–water partition coefficient (Wildman–Crippen LogP) is 0.707. The van der Waals surface area contributed by atoms with Crippen molar-refractivity contribution >= 4 is 0 Å². The molecule has 0 heterocycles. The molecular weight excluding hydrogens is 192 g/mol. The number of rotatable bonds is 9. The molecule has 0 aliphatic heterocycles. The summed E-state index contributed by atoms with van der Waals surface area (Å²) in [5, 5.41) is 0. The number of nitrogens with two attached hydrogens (primary N) is 1. The van der Waals surface area contributed by atoms with E-state index in [4.69, 9.17) is 15.2 Å². The highest BCUT2D eigenvalue weighted by atomic mass is 16.5. The lowest BCUT2D eigenvalue weighted by Gasteiger charge is -2.30. The molecule has 0 bridgehead atoms. The van der Waals surface area contributed by atoms with E-state index in [9.17, 15) is 0 Å². The topological polar surface area (TPSA) is 47.7 Å². The summed E-state index contributed by atoms with van der Waals surface area (Å²) in [6, 6.07) is 0.412. The van der Waals surface area contributed by atoms with E-state index in [1.54, 1.807) is 7.11 Å². The van der Waals surface area contributed by atoms with Crippen LogP contribution in [0, 0.1) is 0 Å². The van der Waals surface area contributed by atoms with Gasteiger partial charge in [0.1, 0.15) is 0 Å². The number of hydrogen-bond donors (Lipinski definition) is 1. The normalized spacial score (nSPS) is 15.6. The number of hydrogen-bond acceptors (Lipinski definition) is 4. The molecule has 4 heteroatoms. The molecular formula is C11H26N2O2. The largest absolute Gasteiger partial charge is 0.383 e. The maximum absolute atomic E-state index is 5.65. The van der Waals surface area contributed by atoms with Crippen LogP contribution >= 0.6 is 0 Å². The van der Waals surface area contributed by atoms with Gasteiger partial charge in [-0.15, -0.1) is 0 Å². The van der Waals surface area contributed by atoms with Crippen LogP contribution in [0.5, 0.6) is 0 Å². The van der Waals surface area contributed by atoms with Crippen molar-refractivity contribution in [3.05, 3.63) is 0 Å². The Bertz CT molecular complexity index is 145. The van der Waals surface area contributed by atoms with Crippen molar-refractivity contribution in [2.45, 2.75) is 32.9 Å². The minimum atomic E-state index is 0.134. The molecule has 0 saturated heterocycles. The van der Waals surface area contributed by atoms with Crippen LogP contribution in [0.2, 0.25) is 0 Å². The van der Waals surface area contributed by atoms with Gasteiger partial charge in [0.2, 0.25) is 0 Å². The smallest absolute Gasteiger partial charge is 0.0823 e. The first-order chi connectivity index (χ1) is 7.19. The van der Waals surface area contributed by atoms with Crippen LogP contribution < -0.4 is 5.73 Å². The highest BCUT2D eigenvalue weighted by Gasteiger charge is 2.16. The highest BCUT2D eigenvalue weighted by molar-refractivity contribution is 4.71. The van der Waals surface area contributed by atoms with Gasteiger partial charge in [0.25, 0.3) is 0 Å². The molecule has 0 spiro atoms. The van der Waals surface area contributed by atoms with Gasteiger partial charge < -0.3 is 15.2 Å². The standard InChI is InChI=1S/C11H26N2O2/c1-5-13(10(3)9-14-4)8-11(7-12)15-6-2/h10-11H,5-9,12H2,1-4H3. The molecule has 0 saturated carbocycles. The van der Waals surface area contributed by atoms with Crippen molar-refractivity contribution in [1.82, 2.24) is 4.90 Å². The van der Waals surface area contributed by atoms with Gasteiger partial charge in [0, 0.05) is 32.8 Å². The van der Waals surface area contributed by atoms with E-state index < -0.39 is 0 Å². The van der Waals surface area contributed by atoms with Gasteiger partial charge >= 0.3 is 0 Å². The number of ether oxygens (including phenoxy) is 2. The summed E-state index contributed by atoms with van der Waals surface area (Å²) < 4.78 is 10.7. The lowest BCUT2D eigenvalue weighted by atomic mass is 10.2. The molecule has 0 aromatic rings. The van der Waals surface area contributed by atoms with Gasteiger partial charge in [-0.05, 0) is 20.4 Å². The molecule has 0 amide bonds. The summed E-state index contributed by atoms with van der Waals surface area (Å²) >= 11 is 0. The average Bonchev–Trinajstić information content (AvgIpc) is 2.24. The zero-order chi connectivity index (χ0) is 11.7. The SMILES string of the molecule is CCOC(CN)CN(CC)C(C)COC. The van der Waals surface area contributed by atoms with E-state index in [-0.39, 0.29) is 6.10 Å². The van der Waals surface area contributed by atoms with Gasteiger partial charge in [-0.3, -0.25) is 4.90 Å². The third-order valence-electron chi connectivity index (χ3n) is 2.54. The van der Waals surface area contributed by atoms with E-state index in [1.165, 1.54) is 0 Å². The third kappa shape index (κ3) is 6.10. The molecule has 2 atom stereocenters. The Morgan fingerprint density at radius 3 is 2.40 bits per heavy atom. The molecule has 0 aromatic heterocycles. The average molecular weight is 218 g/mol. The van der Waals surface area contributed by atoms with Crippen molar-refractivity contribution in [2.24, 2.45) is 5.73 Å². The van der Waals surface area contributed by atoms with Crippen LogP contribution in [0.1, 0.15) is 20.8 Å². The second kappa shape index (κ2) is 9.09. The monoisotopic (exact) mass is 218 g/mol. The van der Waals surface area contributed by atoms with Crippen LogP contribution in [-0.2, 0) is 9.47 Å². The maximum Gasteiger partial charge on any atom is 0.0823 e. The highest BCUT2D eigenvalue weighted by Crippen LogP contribution is 2.03. The van der Waals surface area contributed by atoms with Crippen LogP contribution in [0.15, 0.2) is 0 Å². The summed E-state index contributed by atoms with van der Waals surface area (Å²) in [5.41, 5.74) is 5.65. The first kappa shape index (κ1) is 14.8. The molecule has 2 unspecified atom stereocenters. The molecule has 0 rings (SSSR count). The van der Waals surface area contributed by atoms with E-state index in [1.807, 2.05) is 6.92 Å². The van der Waals surface area contributed by atoms with E-state index in [0.717, 1.165) is 26.3 Å². The van der Waals surface area contributed by atoms with Crippen molar-refractivity contribution in [1.29, 1.82) is 0 Å². The molecule has 0 radical (unpaired) electrons. The van der Waals surface area contributed by atoms with Crippen molar-refractivity contribution in [3.8, 4) is 0 Å². The molecule has 2 N–H and O–H groups in total. The Morgan fingerprint density at radius 1 is 1.33 bits per heavy atom. The zero-order valence-corrected chi connectivity index (χ0v) is 10.5. The third-order valence-corrected chi connectivity index (χ3v) is 2.54. The van der Waals surface area contributed by atoms with Gasteiger partial charge in [0.15, 0.2) is 0 Å². The summed E-state index contributed by atoms with van der Waals surface area (Å²) in [7, 11) is 1.73. The van der Waals surface area contributed by atoms with Crippen molar-refractivity contribution in [3.63, 3.8) is 0 Å². The summed E-state index contributed by atoms with van der Waals surface area (Å²) in [6.07, 6.45) is 0.134. The minimum absolute atomic E-state index is 0.134. The number of methoxy groups -OCH3 is 1. The Labute approximate surface area is 93.7 Å². The molecule has 0 fully saturated rings. The van der Waals surface area contributed by atoms with E-state index in [2.05, 4.69) is 18.7 Å². The second-order valence-electron chi connectivity index (χ2n) is 3.70. The first-order valence-electron chi connectivity index (χ1n) is 5.74. The maximum atomic E-state index is 5.65. The van der Waals surface area contributed by atoms with E-state index >= 15 is 0 Å². The van der Waals surface area contributed by atoms with Crippen LogP contribution in [0.25, 0.3) is 0 Å². The Hall–Kier alpha value is -0.160. The Kier molecular flexibility index (Phi) is 9.00. The minimum Gasteiger partial charge on any atom is -0.383 e. The number of nitrogens with zero attached hydrogens (tertiary/aromatic N) is 1. The molecule has 0 aromatic carbocycles. The first-order valence-corrected chi connectivity index (χ1v) is 5.74. The van der Waals surface area contributed by atoms with Crippen molar-refractivity contribution < 1.29 is 9.47 Å². The lowest BCUT2D eigenvalue weighted by molar-refractivity contribution is 0.0179. The summed E-state index contributed by atoms with van der Waals surface area (Å²) in [6.45, 7) is 10.2. The van der Waals surface area contributed by atoms with Crippen LogP contribution in [0.3, 0.4) is 0 Å². The predicted molar refractivity (Wildman–Crippen MR) is 63.1 cm³/mol. The fourth-order valence-electron chi connectivity index (χ4n) is 1.66. The quantitative estimate of drug-likeness (QED) is 0.619. The molecule has 92 valence electrons. The summed E-state index contributed by atoms with van der Waals surface area (Å²) in [4.78, 5) is 2.33. The van der Waals surface area contributed by atoms with Crippen molar-refractivity contribution in [2.75, 3.05) is 40.0 Å². The van der Waals surface area contributed by atoms with Crippen LogP contribution in [-0.4, -0.2) is 57.0 Å². The Balaban J connectivity index is 4.04. The fourth-order valence-corrected chi connectivity index (χ4v) is 1.66. The number of likely N-dealkylation sites (N-methyl/N-ethyl adjacent to an activating group) is 1.